The van der Waals surface area contributed by atoms with Crippen molar-refractivity contribution in [3.8, 4) is 11.8 Å². The van der Waals surface area contributed by atoms with Crippen molar-refractivity contribution in [2.75, 3.05) is 26.2 Å². The molecular formula is C49H48Cl2N6O5. The molecule has 11 nitrogen and oxygen atoms in total. The van der Waals surface area contributed by atoms with E-state index in [2.05, 4.69) is 63.1 Å². The third-order valence-electron chi connectivity index (χ3n) is 12.2. The van der Waals surface area contributed by atoms with Gasteiger partial charge < -0.3 is 14.7 Å². The average Bonchev–Trinajstić information content (AvgIpc) is 3.81. The van der Waals surface area contributed by atoms with E-state index in [-0.39, 0.29) is 55.0 Å². The molecule has 4 aromatic carbocycles. The van der Waals surface area contributed by atoms with E-state index in [9.17, 15) is 19.2 Å². The number of nitrogens with zero attached hydrogens (tertiary/aromatic N) is 5. The van der Waals surface area contributed by atoms with Crippen molar-refractivity contribution in [2.24, 2.45) is 4.99 Å². The van der Waals surface area contributed by atoms with E-state index in [0.717, 1.165) is 27.8 Å². The Morgan fingerprint density at radius 2 is 1.50 bits per heavy atom. The molecule has 2 fully saturated rings. The van der Waals surface area contributed by atoms with Crippen molar-refractivity contribution in [2.45, 2.75) is 83.5 Å². The number of piperazine rings is 1. The van der Waals surface area contributed by atoms with Crippen LogP contribution in [0.3, 0.4) is 0 Å². The summed E-state index contributed by atoms with van der Waals surface area (Å²) in [5.41, 5.74) is 6.71. The standard InChI is InChI=1S/C49H48Cl2N6O5/c1-30-28-34(49(2,3)4)16-21-37(30)45-53-43(32-12-17-35(50)18-13-32)44(33-14-19-36(51)20-15-33)57(45)48(62)55-26-24-54(25-27-55)42(59)11-6-5-8-31-9-7-10-38-39(31)29-56(47(38)61)40-22-23-41(58)52-46(40)60/h7,9-10,12-21,28,40,43-44H,6,11,22-27,29H2,1-4H3,(H,52,58,60)/t40?,43-,44+/m0/s1. The van der Waals surface area contributed by atoms with Crippen molar-refractivity contribution < 1.29 is 24.0 Å². The van der Waals surface area contributed by atoms with Gasteiger partial charge in [-0.2, -0.15) is 0 Å². The molecular weight excluding hydrogens is 823 g/mol. The summed E-state index contributed by atoms with van der Waals surface area (Å²) < 4.78 is 0. The molecule has 318 valence electrons. The Kier molecular flexibility index (Phi) is 12.0. The Morgan fingerprint density at radius 1 is 0.839 bits per heavy atom. The largest absolute Gasteiger partial charge is 0.339 e. The first kappa shape index (κ1) is 42.7. The molecule has 0 aliphatic carbocycles. The minimum atomic E-state index is -0.710. The van der Waals surface area contributed by atoms with Gasteiger partial charge in [-0.1, -0.05) is 104 Å². The topological polar surface area (TPSA) is 123 Å². The number of nitrogens with one attached hydrogen (secondary N) is 1. The number of amidine groups is 1. The van der Waals surface area contributed by atoms with Crippen molar-refractivity contribution >= 4 is 58.7 Å². The molecule has 4 aromatic rings. The van der Waals surface area contributed by atoms with Gasteiger partial charge in [0.25, 0.3) is 5.91 Å². The number of fused-ring (bicyclic) bond motifs is 1. The lowest BCUT2D eigenvalue weighted by Gasteiger charge is -2.39. The maximum atomic E-state index is 15.0. The van der Waals surface area contributed by atoms with Crippen LogP contribution in [0.5, 0.6) is 0 Å². The number of halogens is 2. The van der Waals surface area contributed by atoms with Crippen molar-refractivity contribution in [3.63, 3.8) is 0 Å². The van der Waals surface area contributed by atoms with Crippen LogP contribution in [-0.2, 0) is 26.3 Å². The third kappa shape index (κ3) is 8.59. The summed E-state index contributed by atoms with van der Waals surface area (Å²) in [6.45, 7) is 10.2. The van der Waals surface area contributed by atoms with Crippen LogP contribution in [0, 0.1) is 18.8 Å². The number of hydrogen-bond donors (Lipinski definition) is 1. The molecule has 0 bridgehead atoms. The summed E-state index contributed by atoms with van der Waals surface area (Å²) in [6, 6.07) is 25.0. The first-order valence-electron chi connectivity index (χ1n) is 21.0. The monoisotopic (exact) mass is 870 g/mol. The van der Waals surface area contributed by atoms with E-state index < -0.39 is 24.0 Å². The van der Waals surface area contributed by atoms with Gasteiger partial charge in [-0.15, -0.1) is 0 Å². The number of amides is 6. The highest BCUT2D eigenvalue weighted by molar-refractivity contribution is 6.30. The van der Waals surface area contributed by atoms with E-state index in [1.54, 1.807) is 21.9 Å². The number of benzene rings is 4. The summed E-state index contributed by atoms with van der Waals surface area (Å²) in [4.78, 5) is 78.2. The molecule has 0 saturated carbocycles. The summed E-state index contributed by atoms with van der Waals surface area (Å²) in [7, 11) is 0. The lowest BCUT2D eigenvalue weighted by molar-refractivity contribution is -0.137. The van der Waals surface area contributed by atoms with Crippen molar-refractivity contribution in [3.05, 3.63) is 139 Å². The van der Waals surface area contributed by atoms with Crippen LogP contribution < -0.4 is 5.32 Å². The summed E-state index contributed by atoms with van der Waals surface area (Å²) in [6.07, 6.45) is 0.970. The van der Waals surface area contributed by atoms with Crippen LogP contribution in [0.2, 0.25) is 10.0 Å². The highest BCUT2D eigenvalue weighted by Gasteiger charge is 2.45. The second-order valence-corrected chi connectivity index (χ2v) is 18.2. The minimum Gasteiger partial charge on any atom is -0.339 e. The SMILES string of the molecule is Cc1cc(C(C)(C)C)ccc1C1=N[C@@H](c2ccc(Cl)cc2)[C@@H](c2ccc(Cl)cc2)N1C(=O)N1CCN(C(=O)CCC#Cc2cccc3c2CN(C2CCC(=O)NC2=O)C3=O)CC1. The molecule has 2 saturated heterocycles. The van der Waals surface area contributed by atoms with Gasteiger partial charge in [0.1, 0.15) is 17.9 Å². The predicted molar refractivity (Wildman–Crippen MR) is 239 cm³/mol. The molecule has 8 rings (SSSR count). The van der Waals surface area contributed by atoms with Gasteiger partial charge in [-0.05, 0) is 83.0 Å². The summed E-state index contributed by atoms with van der Waals surface area (Å²) >= 11 is 12.7. The smallest absolute Gasteiger partial charge is 0.326 e. The molecule has 4 aliphatic rings. The second kappa shape index (κ2) is 17.4. The molecule has 0 radical (unpaired) electrons. The van der Waals surface area contributed by atoms with Crippen molar-refractivity contribution in [1.29, 1.82) is 0 Å². The summed E-state index contributed by atoms with van der Waals surface area (Å²) in [5, 5.41) is 3.53. The molecule has 62 heavy (non-hydrogen) atoms. The van der Waals surface area contributed by atoms with Gasteiger partial charge in [0.15, 0.2) is 0 Å². The zero-order valence-corrected chi connectivity index (χ0v) is 36.7. The number of carbonyl (C=O) groups is 5. The summed E-state index contributed by atoms with van der Waals surface area (Å²) in [5.74, 6) is 5.75. The van der Waals surface area contributed by atoms with Crippen LogP contribution in [0.25, 0.3) is 0 Å². The Labute approximate surface area is 372 Å². The van der Waals surface area contributed by atoms with Crippen LogP contribution in [0.15, 0.2) is 89.9 Å². The molecule has 3 atom stereocenters. The number of rotatable bonds is 6. The Morgan fingerprint density at radius 3 is 2.15 bits per heavy atom. The quantitative estimate of drug-likeness (QED) is 0.156. The number of aryl methyl sites for hydroxylation is 1. The molecule has 0 spiro atoms. The Hall–Kier alpha value is -5.96. The first-order chi connectivity index (χ1) is 29.7. The lowest BCUT2D eigenvalue weighted by atomic mass is 9.85. The Balaban J connectivity index is 0.972. The van der Waals surface area contributed by atoms with E-state index in [1.807, 2.05) is 59.5 Å². The molecule has 1 N–H and O–H groups in total. The maximum Gasteiger partial charge on any atom is 0.326 e. The number of carbonyl (C=O) groups excluding carboxylic acids is 5. The van der Waals surface area contributed by atoms with Crippen LogP contribution >= 0.6 is 23.2 Å². The number of imide groups is 1. The van der Waals surface area contributed by atoms with Gasteiger partial charge in [0.05, 0.1) is 6.04 Å². The van der Waals surface area contributed by atoms with Crippen LogP contribution in [0.4, 0.5) is 4.79 Å². The van der Waals surface area contributed by atoms with Gasteiger partial charge in [0, 0.05) is 78.7 Å². The van der Waals surface area contributed by atoms with Gasteiger partial charge >= 0.3 is 6.03 Å². The normalized spacial score (nSPS) is 20.1. The number of hydrogen-bond acceptors (Lipinski definition) is 6. The fraction of sp³-hybridized carbons (Fsp3) is 0.347. The molecule has 1 unspecified atom stereocenters. The Bertz CT molecular complexity index is 2550. The third-order valence-corrected chi connectivity index (χ3v) is 12.7. The lowest BCUT2D eigenvalue weighted by Crippen LogP contribution is -2.55. The van der Waals surface area contributed by atoms with Gasteiger partial charge in [-0.3, -0.25) is 34.4 Å². The molecule has 13 heteroatoms. The molecule has 6 amide bonds. The minimum absolute atomic E-state index is 0.0521. The van der Waals surface area contributed by atoms with Gasteiger partial charge in [0.2, 0.25) is 17.7 Å². The van der Waals surface area contributed by atoms with E-state index in [1.165, 1.54) is 10.5 Å². The van der Waals surface area contributed by atoms with Crippen LogP contribution in [0.1, 0.15) is 108 Å². The second-order valence-electron chi connectivity index (χ2n) is 17.3. The van der Waals surface area contributed by atoms with Crippen molar-refractivity contribution in [1.82, 2.24) is 24.9 Å². The van der Waals surface area contributed by atoms with E-state index >= 15 is 4.79 Å². The average molecular weight is 872 g/mol. The highest BCUT2D eigenvalue weighted by Crippen LogP contribution is 2.45. The van der Waals surface area contributed by atoms with Gasteiger partial charge in [-0.25, -0.2) is 4.79 Å². The number of piperidine rings is 1. The van der Waals surface area contributed by atoms with E-state index in [0.29, 0.717) is 59.6 Å². The zero-order valence-electron chi connectivity index (χ0n) is 35.2. The fourth-order valence-electron chi connectivity index (χ4n) is 8.72. The molecule has 0 aromatic heterocycles. The molecule has 4 aliphatic heterocycles. The fourth-order valence-corrected chi connectivity index (χ4v) is 8.98. The van der Waals surface area contributed by atoms with E-state index in [4.69, 9.17) is 28.2 Å². The molecule has 4 heterocycles. The highest BCUT2D eigenvalue weighted by atomic mass is 35.5. The number of urea groups is 1. The maximum absolute atomic E-state index is 15.0. The van der Waals surface area contributed by atoms with Crippen LogP contribution in [-0.4, -0.2) is 87.3 Å². The number of aliphatic imine (C=N–C) groups is 1. The predicted octanol–water partition coefficient (Wildman–Crippen LogP) is 8.00. The first-order valence-corrected chi connectivity index (χ1v) is 21.7. The zero-order chi connectivity index (χ0) is 43.9.